The molecular formula is C16H15ClN2O3. The first kappa shape index (κ1) is 15.9. The fraction of sp³-hybridized carbons (Fsp3) is 0.125. The van der Waals surface area contributed by atoms with Crippen molar-refractivity contribution in [3.63, 3.8) is 0 Å². The molecule has 5 nitrogen and oxygen atoms in total. The average molecular weight is 319 g/mol. The predicted molar refractivity (Wildman–Crippen MR) is 85.8 cm³/mol. The first-order chi connectivity index (χ1) is 10.5. The number of phenols is 1. The van der Waals surface area contributed by atoms with Crippen molar-refractivity contribution in [1.29, 1.82) is 0 Å². The highest BCUT2D eigenvalue weighted by Gasteiger charge is 2.12. The maximum atomic E-state index is 12.2. The van der Waals surface area contributed by atoms with Gasteiger partial charge in [0.2, 0.25) is 0 Å². The van der Waals surface area contributed by atoms with E-state index < -0.39 is 5.91 Å². The molecule has 6 heteroatoms. The molecule has 0 aliphatic rings. The van der Waals surface area contributed by atoms with Gasteiger partial charge in [0.15, 0.2) is 0 Å². The van der Waals surface area contributed by atoms with E-state index in [0.29, 0.717) is 22.0 Å². The maximum Gasteiger partial charge on any atom is 0.275 e. The lowest BCUT2D eigenvalue weighted by atomic mass is 10.1. The van der Waals surface area contributed by atoms with E-state index in [1.165, 1.54) is 13.2 Å². The van der Waals surface area contributed by atoms with Crippen LogP contribution in [0.1, 0.15) is 22.8 Å². The molecule has 0 bridgehead atoms. The normalized spacial score (nSPS) is 11.1. The number of hydrogen-bond acceptors (Lipinski definition) is 4. The molecule has 0 saturated carbocycles. The van der Waals surface area contributed by atoms with E-state index in [0.717, 1.165) is 5.56 Å². The van der Waals surface area contributed by atoms with E-state index in [9.17, 15) is 9.90 Å². The Hall–Kier alpha value is -2.53. The zero-order valence-electron chi connectivity index (χ0n) is 12.1. The van der Waals surface area contributed by atoms with Gasteiger partial charge in [-0.25, -0.2) is 5.43 Å². The van der Waals surface area contributed by atoms with E-state index in [2.05, 4.69) is 10.5 Å². The highest BCUT2D eigenvalue weighted by molar-refractivity contribution is 6.31. The Morgan fingerprint density at radius 2 is 1.91 bits per heavy atom. The number of ether oxygens (including phenoxy) is 1. The third kappa shape index (κ3) is 3.77. The monoisotopic (exact) mass is 318 g/mol. The summed E-state index contributed by atoms with van der Waals surface area (Å²) in [5.41, 5.74) is 4.16. The van der Waals surface area contributed by atoms with Gasteiger partial charge in [-0.3, -0.25) is 4.79 Å². The Labute approximate surface area is 133 Å². The summed E-state index contributed by atoms with van der Waals surface area (Å²) in [7, 11) is 1.48. The van der Waals surface area contributed by atoms with E-state index in [-0.39, 0.29) is 5.75 Å². The Bertz CT molecular complexity index is 712. The number of phenolic OH excluding ortho intramolecular Hbond substituents is 1. The van der Waals surface area contributed by atoms with Crippen LogP contribution in [0.4, 0.5) is 0 Å². The summed E-state index contributed by atoms with van der Waals surface area (Å²) in [6.45, 7) is 1.75. The summed E-state index contributed by atoms with van der Waals surface area (Å²) >= 11 is 5.90. The molecule has 0 radical (unpaired) electrons. The summed E-state index contributed by atoms with van der Waals surface area (Å²) < 4.78 is 5.13. The van der Waals surface area contributed by atoms with E-state index in [1.807, 2.05) is 0 Å². The molecule has 2 aromatic rings. The van der Waals surface area contributed by atoms with Gasteiger partial charge in [0, 0.05) is 5.02 Å². The summed E-state index contributed by atoms with van der Waals surface area (Å²) in [5.74, 6) is 0.168. The third-order valence-electron chi connectivity index (χ3n) is 3.02. The lowest BCUT2D eigenvalue weighted by Gasteiger charge is -2.08. The van der Waals surface area contributed by atoms with Gasteiger partial charge in [-0.2, -0.15) is 5.10 Å². The number of hydrazone groups is 1. The van der Waals surface area contributed by atoms with Crippen molar-refractivity contribution in [3.8, 4) is 11.5 Å². The summed E-state index contributed by atoms with van der Waals surface area (Å²) in [6, 6.07) is 11.3. The number of aromatic hydroxyl groups is 1. The standard InChI is InChI=1S/C16H15ClN2O3/c1-10(11-3-6-13(20)7-4-11)18-19-16(21)14-9-12(17)5-8-15(14)22-2/h3-9,20H,1-2H3,(H,19,21). The van der Waals surface area contributed by atoms with Crippen LogP contribution >= 0.6 is 11.6 Å². The number of hydrogen-bond donors (Lipinski definition) is 2. The Balaban J connectivity index is 2.17. The second-order valence-corrected chi connectivity index (χ2v) is 4.97. The molecule has 0 unspecified atom stereocenters. The molecule has 0 heterocycles. The minimum atomic E-state index is -0.419. The minimum absolute atomic E-state index is 0.171. The average Bonchev–Trinajstić information content (AvgIpc) is 2.53. The maximum absolute atomic E-state index is 12.2. The van der Waals surface area contributed by atoms with Gasteiger partial charge in [0.05, 0.1) is 18.4 Å². The van der Waals surface area contributed by atoms with Gasteiger partial charge in [-0.05, 0) is 55.0 Å². The van der Waals surface area contributed by atoms with Crippen molar-refractivity contribution in [2.45, 2.75) is 6.92 Å². The first-order valence-corrected chi connectivity index (χ1v) is 6.86. The second-order valence-electron chi connectivity index (χ2n) is 4.53. The van der Waals surface area contributed by atoms with E-state index in [4.69, 9.17) is 16.3 Å². The molecule has 0 aromatic heterocycles. The highest BCUT2D eigenvalue weighted by Crippen LogP contribution is 2.22. The molecule has 0 saturated heterocycles. The van der Waals surface area contributed by atoms with Crippen LogP contribution in [-0.4, -0.2) is 23.8 Å². The molecule has 2 N–H and O–H groups in total. The number of nitrogens with zero attached hydrogens (tertiary/aromatic N) is 1. The molecular weight excluding hydrogens is 304 g/mol. The summed E-state index contributed by atoms with van der Waals surface area (Å²) in [6.07, 6.45) is 0. The van der Waals surface area contributed by atoms with Crippen LogP contribution < -0.4 is 10.2 Å². The van der Waals surface area contributed by atoms with E-state index >= 15 is 0 Å². The molecule has 0 fully saturated rings. The van der Waals surface area contributed by atoms with Gasteiger partial charge in [0.25, 0.3) is 5.91 Å². The van der Waals surface area contributed by atoms with Crippen LogP contribution in [0.25, 0.3) is 0 Å². The Morgan fingerprint density at radius 1 is 1.23 bits per heavy atom. The highest BCUT2D eigenvalue weighted by atomic mass is 35.5. The molecule has 0 atom stereocenters. The van der Waals surface area contributed by atoms with E-state index in [1.54, 1.807) is 43.3 Å². The zero-order valence-corrected chi connectivity index (χ0v) is 12.9. The number of methoxy groups -OCH3 is 1. The van der Waals surface area contributed by atoms with Crippen LogP contribution in [0.15, 0.2) is 47.6 Å². The van der Waals surface area contributed by atoms with Crippen LogP contribution in [0, 0.1) is 0 Å². The minimum Gasteiger partial charge on any atom is -0.508 e. The van der Waals surface area contributed by atoms with Crippen LogP contribution in [0.2, 0.25) is 5.02 Å². The first-order valence-electron chi connectivity index (χ1n) is 6.49. The quantitative estimate of drug-likeness (QED) is 0.671. The number of amides is 1. The predicted octanol–water partition coefficient (Wildman–Crippen LogP) is 3.21. The Kier molecular flexibility index (Phi) is 5.01. The van der Waals surface area contributed by atoms with Crippen molar-refractivity contribution in [2.24, 2.45) is 5.10 Å². The van der Waals surface area contributed by atoms with Gasteiger partial charge in [-0.1, -0.05) is 11.6 Å². The fourth-order valence-electron chi connectivity index (χ4n) is 1.82. The molecule has 0 aliphatic heterocycles. The van der Waals surface area contributed by atoms with Crippen molar-refractivity contribution in [3.05, 3.63) is 58.6 Å². The van der Waals surface area contributed by atoms with Crippen LogP contribution in [0.3, 0.4) is 0 Å². The number of nitrogens with one attached hydrogen (secondary N) is 1. The zero-order chi connectivity index (χ0) is 16.1. The molecule has 114 valence electrons. The van der Waals surface area contributed by atoms with Gasteiger partial charge >= 0.3 is 0 Å². The smallest absolute Gasteiger partial charge is 0.275 e. The van der Waals surface area contributed by atoms with Crippen LogP contribution in [-0.2, 0) is 0 Å². The number of carbonyl (C=O) groups is 1. The lowest BCUT2D eigenvalue weighted by Crippen LogP contribution is -2.20. The van der Waals surface area contributed by atoms with Crippen molar-refractivity contribution in [2.75, 3.05) is 7.11 Å². The van der Waals surface area contributed by atoms with Crippen molar-refractivity contribution >= 4 is 23.2 Å². The summed E-state index contributed by atoms with van der Waals surface area (Å²) in [4.78, 5) is 12.2. The molecule has 0 aliphatic carbocycles. The summed E-state index contributed by atoms with van der Waals surface area (Å²) in [5, 5.41) is 13.7. The van der Waals surface area contributed by atoms with Gasteiger partial charge in [0.1, 0.15) is 11.5 Å². The van der Waals surface area contributed by atoms with Crippen molar-refractivity contribution in [1.82, 2.24) is 5.43 Å². The number of rotatable bonds is 4. The largest absolute Gasteiger partial charge is 0.508 e. The SMILES string of the molecule is COc1ccc(Cl)cc1C(=O)NN=C(C)c1ccc(O)cc1. The number of halogens is 1. The topological polar surface area (TPSA) is 70.9 Å². The number of benzene rings is 2. The molecule has 0 spiro atoms. The number of carbonyl (C=O) groups excluding carboxylic acids is 1. The van der Waals surface area contributed by atoms with Crippen molar-refractivity contribution < 1.29 is 14.6 Å². The van der Waals surface area contributed by atoms with Gasteiger partial charge in [-0.15, -0.1) is 0 Å². The molecule has 22 heavy (non-hydrogen) atoms. The van der Waals surface area contributed by atoms with Gasteiger partial charge < -0.3 is 9.84 Å². The Morgan fingerprint density at radius 3 is 2.55 bits per heavy atom. The third-order valence-corrected chi connectivity index (χ3v) is 3.25. The molecule has 1 amide bonds. The lowest BCUT2D eigenvalue weighted by molar-refractivity contribution is 0.0952. The fourth-order valence-corrected chi connectivity index (χ4v) is 1.99. The second kappa shape index (κ2) is 6.95. The molecule has 2 aromatic carbocycles. The van der Waals surface area contributed by atoms with Crippen LogP contribution in [0.5, 0.6) is 11.5 Å². The molecule has 2 rings (SSSR count).